The lowest BCUT2D eigenvalue weighted by Gasteiger charge is -2.30. The van der Waals surface area contributed by atoms with Gasteiger partial charge in [0.15, 0.2) is 5.69 Å². The lowest BCUT2D eigenvalue weighted by atomic mass is 10.0. The number of aryl methyl sites for hydroxylation is 1. The Morgan fingerprint density at radius 2 is 1.96 bits per heavy atom. The monoisotopic (exact) mass is 390 g/mol. The summed E-state index contributed by atoms with van der Waals surface area (Å²) < 4.78 is 7.15. The number of fused-ring (bicyclic) bond motifs is 1. The Balaban J connectivity index is 1.83. The fraction of sp³-hybridized carbons (Fsp3) is 0.421. The molecule has 0 fully saturated rings. The Hall–Kier alpha value is -2.54. The third-order valence-electron chi connectivity index (χ3n) is 4.23. The van der Waals surface area contributed by atoms with Gasteiger partial charge in [0, 0.05) is 31.3 Å². The zero-order chi connectivity index (χ0) is 19.8. The maximum absolute atomic E-state index is 12.8. The van der Waals surface area contributed by atoms with Crippen molar-refractivity contribution in [2.24, 2.45) is 7.05 Å². The first-order valence-corrected chi connectivity index (χ1v) is 9.12. The van der Waals surface area contributed by atoms with Gasteiger partial charge < -0.3 is 15.0 Å². The van der Waals surface area contributed by atoms with Gasteiger partial charge in [-0.1, -0.05) is 23.7 Å². The maximum atomic E-state index is 12.8. The fourth-order valence-electron chi connectivity index (χ4n) is 3.00. The number of hydrogen-bond acceptors (Lipinski definition) is 4. The average Bonchev–Trinajstić information content (AvgIpc) is 2.92. The Morgan fingerprint density at radius 1 is 1.26 bits per heavy atom. The number of halogens is 1. The number of para-hydroxylation sites is 1. The van der Waals surface area contributed by atoms with Gasteiger partial charge in [0.2, 0.25) is 0 Å². The second-order valence-electron chi connectivity index (χ2n) is 7.48. The van der Waals surface area contributed by atoms with E-state index in [1.807, 2.05) is 20.8 Å². The zero-order valence-corrected chi connectivity index (χ0v) is 16.6. The molecule has 1 aromatic carbocycles. The molecule has 0 spiro atoms. The lowest BCUT2D eigenvalue weighted by molar-refractivity contribution is 0.0222. The molecular formula is C19H23ClN4O3. The number of amides is 2. The van der Waals surface area contributed by atoms with Crippen LogP contribution in [-0.4, -0.2) is 38.8 Å². The molecule has 0 saturated heterocycles. The molecule has 1 N–H and O–H groups in total. The second-order valence-corrected chi connectivity index (χ2v) is 7.89. The molecule has 7 nitrogen and oxygen atoms in total. The van der Waals surface area contributed by atoms with Crippen LogP contribution in [0.1, 0.15) is 42.5 Å². The van der Waals surface area contributed by atoms with Crippen molar-refractivity contribution in [3.05, 3.63) is 46.2 Å². The van der Waals surface area contributed by atoms with Crippen LogP contribution in [0.5, 0.6) is 0 Å². The summed E-state index contributed by atoms with van der Waals surface area (Å²) in [5, 5.41) is 7.61. The van der Waals surface area contributed by atoms with Crippen LogP contribution in [-0.2, 0) is 24.8 Å². The standard InChI is InChI=1S/C19H23ClN4O3/c1-19(2,3)27-18(26)24-10-9-15-12(11-24)16(22-23(15)4)17(25)21-14-8-6-5-7-13(14)20/h5-8H,9-11H2,1-4H3,(H,21,25). The van der Waals surface area contributed by atoms with Gasteiger partial charge in [-0.3, -0.25) is 9.48 Å². The molecule has 0 saturated carbocycles. The van der Waals surface area contributed by atoms with Crippen LogP contribution in [0.15, 0.2) is 24.3 Å². The summed E-state index contributed by atoms with van der Waals surface area (Å²) in [4.78, 5) is 26.8. The van der Waals surface area contributed by atoms with E-state index in [4.69, 9.17) is 16.3 Å². The molecule has 0 unspecified atom stereocenters. The highest BCUT2D eigenvalue weighted by molar-refractivity contribution is 6.33. The molecule has 2 heterocycles. The van der Waals surface area contributed by atoms with E-state index >= 15 is 0 Å². The van der Waals surface area contributed by atoms with Gasteiger partial charge in [-0.2, -0.15) is 5.10 Å². The predicted molar refractivity (Wildman–Crippen MR) is 103 cm³/mol. The molecule has 1 aromatic heterocycles. The summed E-state index contributed by atoms with van der Waals surface area (Å²) >= 11 is 6.12. The molecule has 0 atom stereocenters. The van der Waals surface area contributed by atoms with E-state index in [0.29, 0.717) is 29.4 Å². The van der Waals surface area contributed by atoms with Gasteiger partial charge in [-0.05, 0) is 32.9 Å². The number of nitrogens with zero attached hydrogens (tertiary/aromatic N) is 3. The van der Waals surface area contributed by atoms with Crippen molar-refractivity contribution in [1.82, 2.24) is 14.7 Å². The second kappa shape index (κ2) is 7.23. The number of carbonyl (C=O) groups is 2. The first-order valence-electron chi connectivity index (χ1n) is 8.74. The van der Waals surface area contributed by atoms with Crippen LogP contribution in [0, 0.1) is 0 Å². The molecule has 2 amide bonds. The summed E-state index contributed by atoms with van der Waals surface area (Å²) in [7, 11) is 1.80. The summed E-state index contributed by atoms with van der Waals surface area (Å²) in [5.41, 5.74) is 1.92. The van der Waals surface area contributed by atoms with E-state index in [2.05, 4.69) is 10.4 Å². The molecule has 0 aliphatic carbocycles. The number of carbonyl (C=O) groups excluding carboxylic acids is 2. The minimum absolute atomic E-state index is 0.281. The van der Waals surface area contributed by atoms with Gasteiger partial charge in [0.25, 0.3) is 5.91 Å². The number of rotatable bonds is 2. The Bertz CT molecular complexity index is 886. The van der Waals surface area contributed by atoms with Crippen LogP contribution < -0.4 is 5.32 Å². The highest BCUT2D eigenvalue weighted by Crippen LogP contribution is 2.26. The third kappa shape index (κ3) is 4.24. The van der Waals surface area contributed by atoms with Crippen molar-refractivity contribution >= 4 is 29.3 Å². The maximum Gasteiger partial charge on any atom is 0.410 e. The number of anilines is 1. The Labute approximate surface area is 163 Å². The van der Waals surface area contributed by atoms with E-state index in [1.54, 1.807) is 40.9 Å². The Kier molecular flexibility index (Phi) is 5.15. The molecule has 1 aliphatic rings. The Morgan fingerprint density at radius 3 is 2.63 bits per heavy atom. The van der Waals surface area contributed by atoms with E-state index in [9.17, 15) is 9.59 Å². The van der Waals surface area contributed by atoms with Gasteiger partial charge in [-0.25, -0.2) is 4.79 Å². The van der Waals surface area contributed by atoms with Crippen LogP contribution in [0.3, 0.4) is 0 Å². The quantitative estimate of drug-likeness (QED) is 0.849. The molecule has 144 valence electrons. The van der Waals surface area contributed by atoms with E-state index in [1.165, 1.54) is 0 Å². The lowest BCUT2D eigenvalue weighted by Crippen LogP contribution is -2.40. The number of nitrogens with one attached hydrogen (secondary N) is 1. The van der Waals surface area contributed by atoms with E-state index in [-0.39, 0.29) is 12.5 Å². The molecule has 3 rings (SSSR count). The fourth-order valence-corrected chi connectivity index (χ4v) is 3.18. The zero-order valence-electron chi connectivity index (χ0n) is 15.9. The van der Waals surface area contributed by atoms with Crippen LogP contribution in [0.2, 0.25) is 5.02 Å². The smallest absolute Gasteiger partial charge is 0.410 e. The molecule has 27 heavy (non-hydrogen) atoms. The number of hydrogen-bond donors (Lipinski definition) is 1. The van der Waals surface area contributed by atoms with Gasteiger partial charge >= 0.3 is 6.09 Å². The average molecular weight is 391 g/mol. The number of ether oxygens (including phenoxy) is 1. The summed E-state index contributed by atoms with van der Waals surface area (Å²) in [6.07, 6.45) is 0.215. The topological polar surface area (TPSA) is 76.5 Å². The van der Waals surface area contributed by atoms with Crippen LogP contribution >= 0.6 is 11.6 Å². The molecule has 1 aliphatic heterocycles. The summed E-state index contributed by atoms with van der Waals surface area (Å²) in [6, 6.07) is 7.01. The molecule has 0 radical (unpaired) electrons. The minimum Gasteiger partial charge on any atom is -0.444 e. The summed E-state index contributed by atoms with van der Waals surface area (Å²) in [5.74, 6) is -0.356. The van der Waals surface area contributed by atoms with Crippen molar-refractivity contribution in [2.45, 2.75) is 39.3 Å². The number of benzene rings is 1. The van der Waals surface area contributed by atoms with Gasteiger partial charge in [0.05, 0.1) is 17.3 Å². The van der Waals surface area contributed by atoms with E-state index in [0.717, 1.165) is 11.3 Å². The van der Waals surface area contributed by atoms with E-state index < -0.39 is 11.7 Å². The molecule has 2 aromatic rings. The summed E-state index contributed by atoms with van der Waals surface area (Å²) in [6.45, 7) is 6.28. The highest BCUT2D eigenvalue weighted by atomic mass is 35.5. The minimum atomic E-state index is -0.573. The van der Waals surface area contributed by atoms with Crippen molar-refractivity contribution in [3.8, 4) is 0 Å². The van der Waals surface area contributed by atoms with Crippen molar-refractivity contribution in [1.29, 1.82) is 0 Å². The first-order chi connectivity index (χ1) is 12.7. The third-order valence-corrected chi connectivity index (χ3v) is 4.56. The van der Waals surface area contributed by atoms with Crippen molar-refractivity contribution in [2.75, 3.05) is 11.9 Å². The number of aromatic nitrogens is 2. The molecule has 0 bridgehead atoms. The first kappa shape index (κ1) is 19.2. The van der Waals surface area contributed by atoms with Crippen LogP contribution in [0.4, 0.5) is 10.5 Å². The van der Waals surface area contributed by atoms with Gasteiger partial charge in [0.1, 0.15) is 5.60 Å². The predicted octanol–water partition coefficient (Wildman–Crippen LogP) is 3.62. The van der Waals surface area contributed by atoms with Crippen molar-refractivity contribution < 1.29 is 14.3 Å². The van der Waals surface area contributed by atoms with Crippen LogP contribution in [0.25, 0.3) is 0 Å². The SMILES string of the molecule is Cn1nc(C(=O)Nc2ccccc2Cl)c2c1CCN(C(=O)OC(C)(C)C)C2. The molecule has 8 heteroatoms. The largest absolute Gasteiger partial charge is 0.444 e. The van der Waals surface area contributed by atoms with Gasteiger partial charge in [-0.15, -0.1) is 0 Å². The van der Waals surface area contributed by atoms with Crippen molar-refractivity contribution in [3.63, 3.8) is 0 Å². The molecular weight excluding hydrogens is 368 g/mol. The normalized spacial score (nSPS) is 13.9. The highest BCUT2D eigenvalue weighted by Gasteiger charge is 2.31.